The highest BCUT2D eigenvalue weighted by Crippen LogP contribution is 2.25. The van der Waals surface area contributed by atoms with E-state index in [-0.39, 0.29) is 16.5 Å². The molecule has 1 aromatic carbocycles. The molecule has 3 nitrogen and oxygen atoms in total. The third kappa shape index (κ3) is 2.65. The van der Waals surface area contributed by atoms with Crippen LogP contribution in [0.5, 0.6) is 0 Å². The van der Waals surface area contributed by atoms with Crippen molar-refractivity contribution in [1.82, 2.24) is 4.98 Å². The van der Waals surface area contributed by atoms with Gasteiger partial charge in [-0.25, -0.2) is 9.37 Å². The highest BCUT2D eigenvalue weighted by molar-refractivity contribution is 6.31. The number of nitrogens with two attached hydrogens (primary N) is 1. The second kappa shape index (κ2) is 4.52. The van der Waals surface area contributed by atoms with E-state index in [1.807, 2.05) is 0 Å². The first-order valence-corrected chi connectivity index (χ1v) is 6.15. The van der Waals surface area contributed by atoms with Crippen molar-refractivity contribution in [3.05, 3.63) is 28.9 Å². The summed E-state index contributed by atoms with van der Waals surface area (Å²) in [5.74, 6) is 0.000998. The summed E-state index contributed by atoms with van der Waals surface area (Å²) < 4.78 is 18.7. The summed E-state index contributed by atoms with van der Waals surface area (Å²) >= 11 is 5.69. The maximum atomic E-state index is 13.3. The van der Waals surface area contributed by atoms with Crippen molar-refractivity contribution < 1.29 is 8.81 Å². The first-order valence-electron chi connectivity index (χ1n) is 5.77. The van der Waals surface area contributed by atoms with Crippen molar-refractivity contribution >= 4 is 22.7 Å². The molecule has 0 fully saturated rings. The van der Waals surface area contributed by atoms with Crippen LogP contribution in [0.15, 0.2) is 16.5 Å². The number of hydrogen-bond donors (Lipinski definition) is 1. The summed E-state index contributed by atoms with van der Waals surface area (Å²) in [6.45, 7) is 6.16. The normalized spacial score (nSPS) is 14.1. The lowest BCUT2D eigenvalue weighted by Crippen LogP contribution is -2.36. The summed E-state index contributed by atoms with van der Waals surface area (Å²) in [6, 6.07) is 2.63. The summed E-state index contributed by atoms with van der Waals surface area (Å²) in [5, 5.41) is 0.0440. The monoisotopic (exact) mass is 270 g/mol. The molecule has 0 bridgehead atoms. The van der Waals surface area contributed by atoms with Gasteiger partial charge < -0.3 is 10.2 Å². The average molecular weight is 271 g/mol. The van der Waals surface area contributed by atoms with Gasteiger partial charge >= 0.3 is 0 Å². The number of rotatable bonds is 2. The number of benzene rings is 1. The van der Waals surface area contributed by atoms with Gasteiger partial charge in [-0.05, 0) is 11.5 Å². The minimum absolute atomic E-state index is 0.0381. The van der Waals surface area contributed by atoms with E-state index < -0.39 is 5.82 Å². The Labute approximate surface area is 110 Å². The first kappa shape index (κ1) is 13.3. The Kier molecular flexibility index (Phi) is 3.34. The number of fused-ring (bicyclic) bond motifs is 1. The summed E-state index contributed by atoms with van der Waals surface area (Å²) in [7, 11) is 0. The van der Waals surface area contributed by atoms with E-state index in [9.17, 15) is 4.39 Å². The Balaban J connectivity index is 2.31. The minimum Gasteiger partial charge on any atom is -0.441 e. The molecule has 5 heteroatoms. The van der Waals surface area contributed by atoms with Crippen LogP contribution >= 0.6 is 11.6 Å². The predicted molar refractivity (Wildman–Crippen MR) is 70.1 cm³/mol. The lowest BCUT2D eigenvalue weighted by Gasteiger charge is -2.25. The fraction of sp³-hybridized carbons (Fsp3) is 0.462. The van der Waals surface area contributed by atoms with Crippen LogP contribution in [0.1, 0.15) is 26.7 Å². The highest BCUT2D eigenvalue weighted by atomic mass is 35.5. The van der Waals surface area contributed by atoms with E-state index in [1.54, 1.807) is 0 Å². The van der Waals surface area contributed by atoms with Gasteiger partial charge in [-0.3, -0.25) is 0 Å². The van der Waals surface area contributed by atoms with Crippen molar-refractivity contribution in [3.63, 3.8) is 0 Å². The Hall–Kier alpha value is -1.13. The number of nitrogens with zero attached hydrogens (tertiary/aromatic N) is 1. The molecule has 2 aromatic rings. The second-order valence-electron chi connectivity index (χ2n) is 5.52. The van der Waals surface area contributed by atoms with Crippen LogP contribution in [0, 0.1) is 11.2 Å². The van der Waals surface area contributed by atoms with Crippen molar-refractivity contribution in [3.8, 4) is 0 Å². The molecule has 1 heterocycles. The zero-order chi connectivity index (χ0) is 13.5. The Morgan fingerprint density at radius 2 is 2.11 bits per heavy atom. The van der Waals surface area contributed by atoms with Gasteiger partial charge in [-0.2, -0.15) is 0 Å². The van der Waals surface area contributed by atoms with E-state index in [0.717, 1.165) is 0 Å². The minimum atomic E-state index is -0.507. The lowest BCUT2D eigenvalue weighted by atomic mass is 9.85. The molecular weight excluding hydrogens is 255 g/mol. The van der Waals surface area contributed by atoms with Gasteiger partial charge in [0.15, 0.2) is 11.5 Å². The molecule has 0 amide bonds. The van der Waals surface area contributed by atoms with Crippen molar-refractivity contribution in [2.45, 2.75) is 33.2 Å². The number of hydrogen-bond acceptors (Lipinski definition) is 3. The van der Waals surface area contributed by atoms with E-state index >= 15 is 0 Å². The van der Waals surface area contributed by atoms with E-state index in [4.69, 9.17) is 21.8 Å². The van der Waals surface area contributed by atoms with Crippen LogP contribution in [0.2, 0.25) is 5.02 Å². The molecule has 0 saturated carbocycles. The molecule has 1 unspecified atom stereocenters. The Bertz CT molecular complexity index is 535. The van der Waals surface area contributed by atoms with E-state index in [2.05, 4.69) is 25.8 Å². The molecule has 18 heavy (non-hydrogen) atoms. The third-order valence-corrected chi connectivity index (χ3v) is 3.27. The zero-order valence-electron chi connectivity index (χ0n) is 10.6. The molecule has 1 aromatic heterocycles. The van der Waals surface area contributed by atoms with Crippen LogP contribution in [0.25, 0.3) is 11.1 Å². The molecule has 0 saturated heterocycles. The molecule has 0 aliphatic heterocycles. The highest BCUT2D eigenvalue weighted by Gasteiger charge is 2.23. The van der Waals surface area contributed by atoms with Gasteiger partial charge in [0.2, 0.25) is 0 Å². The van der Waals surface area contributed by atoms with Gasteiger partial charge in [0.05, 0.1) is 5.02 Å². The fourth-order valence-electron chi connectivity index (χ4n) is 1.55. The van der Waals surface area contributed by atoms with Gasteiger partial charge in [0.25, 0.3) is 0 Å². The fourth-order valence-corrected chi connectivity index (χ4v) is 1.71. The molecule has 0 aliphatic rings. The number of aromatic nitrogens is 1. The molecule has 0 radical (unpaired) electrons. The Morgan fingerprint density at radius 1 is 1.44 bits per heavy atom. The zero-order valence-corrected chi connectivity index (χ0v) is 11.4. The van der Waals surface area contributed by atoms with Crippen molar-refractivity contribution in [1.29, 1.82) is 0 Å². The van der Waals surface area contributed by atoms with Gasteiger partial charge in [0.1, 0.15) is 11.3 Å². The summed E-state index contributed by atoms with van der Waals surface area (Å²) in [4.78, 5) is 4.27. The maximum absolute atomic E-state index is 13.3. The van der Waals surface area contributed by atoms with E-state index in [0.29, 0.717) is 23.4 Å². The third-order valence-electron chi connectivity index (χ3n) is 2.98. The van der Waals surface area contributed by atoms with E-state index in [1.165, 1.54) is 12.1 Å². The van der Waals surface area contributed by atoms with Crippen LogP contribution in [0.3, 0.4) is 0 Å². The molecule has 2 rings (SSSR count). The Morgan fingerprint density at radius 3 is 2.72 bits per heavy atom. The molecular formula is C13H16ClFN2O. The molecule has 0 aliphatic carbocycles. The lowest BCUT2D eigenvalue weighted by molar-refractivity contribution is 0.303. The quantitative estimate of drug-likeness (QED) is 0.908. The summed E-state index contributed by atoms with van der Waals surface area (Å²) in [5.41, 5.74) is 6.98. The summed E-state index contributed by atoms with van der Waals surface area (Å²) in [6.07, 6.45) is 0.511. The maximum Gasteiger partial charge on any atom is 0.197 e. The smallest absolute Gasteiger partial charge is 0.197 e. The van der Waals surface area contributed by atoms with Crippen molar-refractivity contribution in [2.24, 2.45) is 11.1 Å². The van der Waals surface area contributed by atoms with Gasteiger partial charge in [0, 0.05) is 18.5 Å². The number of oxazole rings is 1. The topological polar surface area (TPSA) is 52.0 Å². The van der Waals surface area contributed by atoms with Gasteiger partial charge in [-0.15, -0.1) is 0 Å². The first-order chi connectivity index (χ1) is 8.27. The van der Waals surface area contributed by atoms with Gasteiger partial charge in [-0.1, -0.05) is 32.4 Å². The molecule has 1 atom stereocenters. The molecule has 2 N–H and O–H groups in total. The average Bonchev–Trinajstić information content (AvgIpc) is 2.59. The molecule has 0 spiro atoms. The standard InChI is InChI=1S/C13H16ClFN2O/c1-13(2,3)11(16)6-12-17-9-4-7(14)8(15)5-10(9)18-12/h4-5,11H,6,16H2,1-3H3. The van der Waals surface area contributed by atoms with Crippen molar-refractivity contribution in [2.75, 3.05) is 0 Å². The van der Waals surface area contributed by atoms with Crippen LogP contribution in [0.4, 0.5) is 4.39 Å². The predicted octanol–water partition coefficient (Wildman–Crippen LogP) is 3.54. The largest absolute Gasteiger partial charge is 0.441 e. The van der Waals surface area contributed by atoms with Crippen LogP contribution < -0.4 is 5.73 Å². The SMILES string of the molecule is CC(C)(C)C(N)Cc1nc2cc(Cl)c(F)cc2o1. The van der Waals surface area contributed by atoms with Crippen LogP contribution in [-0.2, 0) is 6.42 Å². The molecule has 98 valence electrons. The van der Waals surface area contributed by atoms with Crippen LogP contribution in [-0.4, -0.2) is 11.0 Å². The second-order valence-corrected chi connectivity index (χ2v) is 5.93. The number of halogens is 2.